The quantitative estimate of drug-likeness (QED) is 0.850. The third-order valence-corrected chi connectivity index (χ3v) is 5.66. The van der Waals surface area contributed by atoms with E-state index in [0.29, 0.717) is 24.9 Å². The van der Waals surface area contributed by atoms with Crippen LogP contribution in [0.4, 0.5) is 0 Å². The third-order valence-electron chi connectivity index (χ3n) is 5.66. The summed E-state index contributed by atoms with van der Waals surface area (Å²) in [6.45, 7) is 3.71. The Morgan fingerprint density at radius 3 is 2.55 bits per heavy atom. The fourth-order valence-electron chi connectivity index (χ4n) is 4.53. The molecule has 20 heavy (non-hydrogen) atoms. The van der Waals surface area contributed by atoms with E-state index < -0.39 is 0 Å². The van der Waals surface area contributed by atoms with Gasteiger partial charge in [-0.2, -0.15) is 0 Å². The Kier molecular flexibility index (Phi) is 4.61. The Balaban J connectivity index is 1.59. The summed E-state index contributed by atoms with van der Waals surface area (Å²) in [5.74, 6) is 1.21. The molecule has 2 aliphatic heterocycles. The lowest BCUT2D eigenvalue weighted by Gasteiger charge is -2.37. The molecule has 4 nitrogen and oxygen atoms in total. The molecule has 3 rings (SSSR count). The number of nitrogens with two attached hydrogens (primary N) is 1. The number of carbonyl (C=O) groups excluding carboxylic acids is 1. The Bertz CT molecular complexity index is 341. The third kappa shape index (κ3) is 2.86. The predicted molar refractivity (Wildman–Crippen MR) is 80.3 cm³/mol. The highest BCUT2D eigenvalue weighted by atomic mass is 16.2. The zero-order chi connectivity index (χ0) is 13.9. The van der Waals surface area contributed by atoms with Gasteiger partial charge in [-0.05, 0) is 44.6 Å². The number of nitrogens with zero attached hydrogens (tertiary/aromatic N) is 2. The van der Waals surface area contributed by atoms with Gasteiger partial charge in [0.1, 0.15) is 0 Å². The molecule has 0 aromatic heterocycles. The van der Waals surface area contributed by atoms with E-state index in [4.69, 9.17) is 5.73 Å². The molecule has 3 aliphatic rings. The molecule has 3 fully saturated rings. The number of hydrogen-bond acceptors (Lipinski definition) is 3. The molecule has 2 heterocycles. The number of amides is 1. The van der Waals surface area contributed by atoms with Gasteiger partial charge in [-0.15, -0.1) is 0 Å². The molecule has 0 aromatic rings. The lowest BCUT2D eigenvalue weighted by molar-refractivity contribution is -0.131. The molecule has 1 saturated carbocycles. The second kappa shape index (κ2) is 6.44. The molecule has 3 atom stereocenters. The van der Waals surface area contributed by atoms with E-state index in [2.05, 4.69) is 4.90 Å². The summed E-state index contributed by atoms with van der Waals surface area (Å²) in [4.78, 5) is 17.0. The highest BCUT2D eigenvalue weighted by Gasteiger charge is 2.39. The van der Waals surface area contributed by atoms with Crippen molar-refractivity contribution >= 4 is 5.91 Å². The van der Waals surface area contributed by atoms with Crippen molar-refractivity contribution in [3.05, 3.63) is 0 Å². The lowest BCUT2D eigenvalue weighted by atomic mass is 9.85. The van der Waals surface area contributed by atoms with Gasteiger partial charge in [0, 0.05) is 38.1 Å². The van der Waals surface area contributed by atoms with E-state index in [-0.39, 0.29) is 6.04 Å². The van der Waals surface area contributed by atoms with E-state index in [0.717, 1.165) is 25.6 Å². The zero-order valence-corrected chi connectivity index (χ0v) is 12.6. The van der Waals surface area contributed by atoms with Gasteiger partial charge in [-0.1, -0.05) is 12.8 Å². The smallest absolute Gasteiger partial charge is 0.224 e. The molecule has 0 aromatic carbocycles. The van der Waals surface area contributed by atoms with Gasteiger partial charge >= 0.3 is 0 Å². The molecule has 4 heteroatoms. The molecular formula is C16H29N3O. The minimum atomic E-state index is 0.274. The highest BCUT2D eigenvalue weighted by molar-refractivity contribution is 5.77. The fourth-order valence-corrected chi connectivity index (χ4v) is 4.53. The van der Waals surface area contributed by atoms with E-state index >= 15 is 0 Å². The average molecular weight is 279 g/mol. The Morgan fingerprint density at radius 1 is 1.05 bits per heavy atom. The van der Waals surface area contributed by atoms with Gasteiger partial charge in [-0.3, -0.25) is 9.69 Å². The van der Waals surface area contributed by atoms with Gasteiger partial charge < -0.3 is 10.6 Å². The molecule has 1 amide bonds. The summed E-state index contributed by atoms with van der Waals surface area (Å²) in [5.41, 5.74) is 6.01. The van der Waals surface area contributed by atoms with Crippen molar-refractivity contribution < 1.29 is 4.79 Å². The van der Waals surface area contributed by atoms with E-state index in [1.165, 1.54) is 44.9 Å². The van der Waals surface area contributed by atoms with E-state index in [1.807, 2.05) is 4.90 Å². The topological polar surface area (TPSA) is 49.6 Å². The summed E-state index contributed by atoms with van der Waals surface area (Å²) in [6, 6.07) is 0.986. The first-order chi connectivity index (χ1) is 9.79. The first kappa shape index (κ1) is 14.3. The monoisotopic (exact) mass is 279 g/mol. The number of rotatable bonds is 4. The Hall–Kier alpha value is -0.610. The van der Waals surface area contributed by atoms with Crippen molar-refractivity contribution in [2.45, 2.75) is 63.5 Å². The average Bonchev–Trinajstić information content (AvgIpc) is 3.14. The van der Waals surface area contributed by atoms with Crippen LogP contribution in [0.2, 0.25) is 0 Å². The van der Waals surface area contributed by atoms with Crippen molar-refractivity contribution in [2.24, 2.45) is 11.7 Å². The van der Waals surface area contributed by atoms with Crippen LogP contribution in [0.15, 0.2) is 0 Å². The number of carbonyl (C=O) groups is 1. The SMILES string of the molecule is NCC(CC(=O)N1CCCC1)N1CCC2CCCCC21. The summed E-state index contributed by atoms with van der Waals surface area (Å²) < 4.78 is 0. The van der Waals surface area contributed by atoms with Crippen LogP contribution in [0.5, 0.6) is 0 Å². The van der Waals surface area contributed by atoms with Crippen molar-refractivity contribution in [3.63, 3.8) is 0 Å². The second-order valence-electron chi connectivity index (χ2n) is 6.82. The number of hydrogen-bond donors (Lipinski definition) is 1. The highest BCUT2D eigenvalue weighted by Crippen LogP contribution is 2.37. The molecular weight excluding hydrogens is 250 g/mol. The van der Waals surface area contributed by atoms with Gasteiger partial charge in [0.25, 0.3) is 0 Å². The molecule has 0 bridgehead atoms. The lowest BCUT2D eigenvalue weighted by Crippen LogP contribution is -2.48. The van der Waals surface area contributed by atoms with Gasteiger partial charge in [-0.25, -0.2) is 0 Å². The summed E-state index contributed by atoms with van der Waals surface area (Å²) >= 11 is 0. The summed E-state index contributed by atoms with van der Waals surface area (Å²) in [5, 5.41) is 0. The van der Waals surface area contributed by atoms with Crippen LogP contribution in [-0.2, 0) is 4.79 Å². The van der Waals surface area contributed by atoms with Crippen molar-refractivity contribution in [3.8, 4) is 0 Å². The molecule has 1 aliphatic carbocycles. The number of fused-ring (bicyclic) bond motifs is 1. The molecule has 2 N–H and O–H groups in total. The predicted octanol–water partition coefficient (Wildman–Crippen LogP) is 1.59. The maximum atomic E-state index is 12.4. The standard InChI is InChI=1S/C16H29N3O/c17-12-14(11-16(20)18-8-3-4-9-18)19-10-7-13-5-1-2-6-15(13)19/h13-15H,1-12,17H2. The van der Waals surface area contributed by atoms with Crippen LogP contribution in [0.25, 0.3) is 0 Å². The maximum Gasteiger partial charge on any atom is 0.224 e. The Labute approximate surface area is 122 Å². The molecule has 3 unspecified atom stereocenters. The zero-order valence-electron chi connectivity index (χ0n) is 12.6. The first-order valence-electron chi connectivity index (χ1n) is 8.53. The maximum absolute atomic E-state index is 12.4. The minimum absolute atomic E-state index is 0.274. The van der Waals surface area contributed by atoms with Crippen LogP contribution in [0.3, 0.4) is 0 Å². The van der Waals surface area contributed by atoms with Gasteiger partial charge in [0.05, 0.1) is 0 Å². The van der Waals surface area contributed by atoms with Crippen LogP contribution in [-0.4, -0.2) is 54.0 Å². The summed E-state index contributed by atoms with van der Waals surface area (Å²) in [6.07, 6.45) is 9.77. The van der Waals surface area contributed by atoms with Crippen molar-refractivity contribution in [1.82, 2.24) is 9.80 Å². The van der Waals surface area contributed by atoms with Gasteiger partial charge in [0.2, 0.25) is 5.91 Å². The Morgan fingerprint density at radius 2 is 1.80 bits per heavy atom. The normalized spacial score (nSPS) is 32.4. The largest absolute Gasteiger partial charge is 0.343 e. The molecule has 2 saturated heterocycles. The van der Waals surface area contributed by atoms with Crippen LogP contribution in [0, 0.1) is 5.92 Å². The second-order valence-corrected chi connectivity index (χ2v) is 6.82. The first-order valence-corrected chi connectivity index (χ1v) is 8.53. The molecule has 0 radical (unpaired) electrons. The molecule has 114 valence electrons. The van der Waals surface area contributed by atoms with Crippen LogP contribution < -0.4 is 5.73 Å². The van der Waals surface area contributed by atoms with Gasteiger partial charge in [0.15, 0.2) is 0 Å². The summed E-state index contributed by atoms with van der Waals surface area (Å²) in [7, 11) is 0. The van der Waals surface area contributed by atoms with Crippen molar-refractivity contribution in [1.29, 1.82) is 0 Å². The minimum Gasteiger partial charge on any atom is -0.343 e. The number of likely N-dealkylation sites (tertiary alicyclic amines) is 2. The van der Waals surface area contributed by atoms with Crippen LogP contribution in [0.1, 0.15) is 51.4 Å². The van der Waals surface area contributed by atoms with E-state index in [1.54, 1.807) is 0 Å². The van der Waals surface area contributed by atoms with Crippen LogP contribution >= 0.6 is 0 Å². The molecule has 0 spiro atoms. The fraction of sp³-hybridized carbons (Fsp3) is 0.938. The van der Waals surface area contributed by atoms with Crippen molar-refractivity contribution in [2.75, 3.05) is 26.2 Å². The van der Waals surface area contributed by atoms with E-state index in [9.17, 15) is 4.79 Å².